The van der Waals surface area contributed by atoms with Crippen LogP contribution in [-0.4, -0.2) is 80.7 Å². The molecule has 0 radical (unpaired) electrons. The Kier molecular flexibility index (Phi) is 5.95. The highest BCUT2D eigenvalue weighted by Gasteiger charge is 2.23. The molecule has 2 saturated heterocycles. The minimum atomic E-state index is -0.0945. The first-order chi connectivity index (χ1) is 14.2. The van der Waals surface area contributed by atoms with E-state index in [0.717, 1.165) is 62.3 Å². The normalized spacial score (nSPS) is 17.2. The maximum atomic E-state index is 12.5. The van der Waals surface area contributed by atoms with Crippen molar-refractivity contribution in [1.29, 1.82) is 0 Å². The smallest absolute Gasteiger partial charge is 0.321 e. The summed E-state index contributed by atoms with van der Waals surface area (Å²) in [6, 6.07) is 9.30. The van der Waals surface area contributed by atoms with E-state index in [9.17, 15) is 4.79 Å². The van der Waals surface area contributed by atoms with Gasteiger partial charge in [0.2, 0.25) is 0 Å². The van der Waals surface area contributed by atoms with Crippen molar-refractivity contribution in [2.45, 2.75) is 0 Å². The zero-order valence-electron chi connectivity index (χ0n) is 16.6. The molecule has 3 heterocycles. The average Bonchev–Trinajstić information content (AvgIpc) is 2.80. The predicted molar refractivity (Wildman–Crippen MR) is 111 cm³/mol. The van der Waals surface area contributed by atoms with Gasteiger partial charge in [0.15, 0.2) is 5.82 Å². The van der Waals surface area contributed by atoms with Crippen LogP contribution in [0.2, 0.25) is 0 Å². The minimum absolute atomic E-state index is 0.0945. The Balaban J connectivity index is 1.32. The van der Waals surface area contributed by atoms with E-state index in [0.29, 0.717) is 13.1 Å². The Bertz CT molecular complexity index is 817. The van der Waals surface area contributed by atoms with Crippen molar-refractivity contribution in [3.05, 3.63) is 36.5 Å². The van der Waals surface area contributed by atoms with Crippen LogP contribution in [0.5, 0.6) is 5.75 Å². The number of piperazine rings is 1. The molecule has 2 amide bonds. The van der Waals surface area contributed by atoms with Crippen LogP contribution in [0.25, 0.3) is 0 Å². The van der Waals surface area contributed by atoms with E-state index >= 15 is 0 Å². The molecule has 0 unspecified atom stereocenters. The number of morpholine rings is 1. The van der Waals surface area contributed by atoms with Gasteiger partial charge in [-0.25, -0.2) is 4.79 Å². The number of urea groups is 1. The van der Waals surface area contributed by atoms with Gasteiger partial charge in [-0.1, -0.05) is 0 Å². The molecule has 2 aliphatic rings. The molecular weight excluding hydrogens is 372 g/mol. The van der Waals surface area contributed by atoms with Gasteiger partial charge >= 0.3 is 6.03 Å². The molecule has 1 aromatic heterocycles. The zero-order chi connectivity index (χ0) is 20.1. The van der Waals surface area contributed by atoms with Crippen molar-refractivity contribution in [2.75, 3.05) is 74.7 Å². The van der Waals surface area contributed by atoms with Crippen LogP contribution in [0.1, 0.15) is 0 Å². The molecule has 0 spiro atoms. The lowest BCUT2D eigenvalue weighted by molar-refractivity contribution is 0.122. The van der Waals surface area contributed by atoms with Crippen LogP contribution in [0, 0.1) is 0 Å². The Morgan fingerprint density at radius 1 is 1.03 bits per heavy atom. The lowest BCUT2D eigenvalue weighted by atomic mass is 10.3. The molecule has 154 valence electrons. The second kappa shape index (κ2) is 8.95. The first-order valence-electron chi connectivity index (χ1n) is 9.83. The summed E-state index contributed by atoms with van der Waals surface area (Å²) in [7, 11) is 1.62. The highest BCUT2D eigenvalue weighted by atomic mass is 16.5. The highest BCUT2D eigenvalue weighted by Crippen LogP contribution is 2.21. The molecule has 0 bridgehead atoms. The monoisotopic (exact) mass is 398 g/mol. The Labute approximate surface area is 170 Å². The largest absolute Gasteiger partial charge is 0.497 e. The summed E-state index contributed by atoms with van der Waals surface area (Å²) >= 11 is 0. The number of carbonyl (C=O) groups is 1. The summed E-state index contributed by atoms with van der Waals surface area (Å²) < 4.78 is 10.6. The van der Waals surface area contributed by atoms with E-state index in [1.807, 2.05) is 29.2 Å². The number of nitrogens with one attached hydrogen (secondary N) is 1. The quantitative estimate of drug-likeness (QED) is 0.839. The summed E-state index contributed by atoms with van der Waals surface area (Å²) in [5.74, 6) is 1.61. The molecule has 0 atom stereocenters. The third kappa shape index (κ3) is 4.68. The lowest BCUT2D eigenvalue weighted by Crippen LogP contribution is -2.50. The maximum absolute atomic E-state index is 12.5. The molecular formula is C20H26N6O3. The van der Waals surface area contributed by atoms with Crippen molar-refractivity contribution in [2.24, 2.45) is 0 Å². The summed E-state index contributed by atoms with van der Waals surface area (Å²) in [5.41, 5.74) is 1.82. The molecule has 2 aliphatic heterocycles. The molecule has 2 aromatic rings. The third-order valence-electron chi connectivity index (χ3n) is 5.24. The number of methoxy groups -OCH3 is 1. The first-order valence-corrected chi connectivity index (χ1v) is 9.83. The Hall–Kier alpha value is -3.07. The van der Waals surface area contributed by atoms with Crippen LogP contribution in [0.4, 0.5) is 22.0 Å². The third-order valence-corrected chi connectivity index (χ3v) is 5.24. The van der Waals surface area contributed by atoms with Gasteiger partial charge in [0.1, 0.15) is 5.75 Å². The molecule has 9 nitrogen and oxygen atoms in total. The zero-order valence-corrected chi connectivity index (χ0v) is 16.6. The number of benzene rings is 1. The molecule has 29 heavy (non-hydrogen) atoms. The minimum Gasteiger partial charge on any atom is -0.497 e. The van der Waals surface area contributed by atoms with E-state index in [4.69, 9.17) is 9.47 Å². The maximum Gasteiger partial charge on any atom is 0.321 e. The van der Waals surface area contributed by atoms with Crippen molar-refractivity contribution in [3.63, 3.8) is 0 Å². The van der Waals surface area contributed by atoms with Gasteiger partial charge in [0.05, 0.1) is 32.2 Å². The number of anilines is 3. The predicted octanol–water partition coefficient (Wildman–Crippen LogP) is 1.68. The van der Waals surface area contributed by atoms with Crippen LogP contribution in [0.15, 0.2) is 36.5 Å². The number of carbonyl (C=O) groups excluding carboxylic acids is 1. The fourth-order valence-corrected chi connectivity index (χ4v) is 3.51. The van der Waals surface area contributed by atoms with E-state index < -0.39 is 0 Å². The van der Waals surface area contributed by atoms with Crippen LogP contribution >= 0.6 is 0 Å². The van der Waals surface area contributed by atoms with Gasteiger partial charge in [-0.2, -0.15) is 5.10 Å². The number of hydrogen-bond acceptors (Lipinski definition) is 7. The highest BCUT2D eigenvalue weighted by molar-refractivity contribution is 5.89. The average molecular weight is 398 g/mol. The number of ether oxygens (including phenoxy) is 2. The molecule has 4 rings (SSSR count). The van der Waals surface area contributed by atoms with Crippen LogP contribution in [0.3, 0.4) is 0 Å². The summed E-state index contributed by atoms with van der Waals surface area (Å²) in [5, 5.41) is 11.4. The number of nitrogens with zero attached hydrogens (tertiary/aromatic N) is 5. The molecule has 0 aliphatic carbocycles. The van der Waals surface area contributed by atoms with Crippen LogP contribution < -0.4 is 19.9 Å². The van der Waals surface area contributed by atoms with E-state index in [-0.39, 0.29) is 6.03 Å². The van der Waals surface area contributed by atoms with Crippen molar-refractivity contribution in [1.82, 2.24) is 15.1 Å². The summed E-state index contributed by atoms with van der Waals surface area (Å²) in [4.78, 5) is 18.8. The number of amides is 2. The van der Waals surface area contributed by atoms with Gasteiger partial charge in [0, 0.05) is 51.0 Å². The van der Waals surface area contributed by atoms with Gasteiger partial charge < -0.3 is 29.5 Å². The van der Waals surface area contributed by atoms with Crippen molar-refractivity contribution in [3.8, 4) is 5.75 Å². The van der Waals surface area contributed by atoms with Gasteiger partial charge in [0.25, 0.3) is 0 Å². The van der Waals surface area contributed by atoms with E-state index in [2.05, 4.69) is 31.4 Å². The van der Waals surface area contributed by atoms with E-state index in [1.165, 1.54) is 0 Å². The molecule has 2 fully saturated rings. The molecule has 0 saturated carbocycles. The number of rotatable bonds is 4. The van der Waals surface area contributed by atoms with Crippen molar-refractivity contribution < 1.29 is 14.3 Å². The summed E-state index contributed by atoms with van der Waals surface area (Å²) in [6.45, 7) is 5.90. The fraction of sp³-hybridized carbons (Fsp3) is 0.450. The second-order valence-electron chi connectivity index (χ2n) is 7.00. The SMILES string of the molecule is COc1ccc(NC(=O)N2CCN(c3cc(N4CCOCC4)cnn3)CC2)cc1. The second-order valence-corrected chi connectivity index (χ2v) is 7.00. The van der Waals surface area contributed by atoms with Gasteiger partial charge in [-0.05, 0) is 24.3 Å². The topological polar surface area (TPSA) is 83.1 Å². The Morgan fingerprint density at radius 3 is 2.45 bits per heavy atom. The lowest BCUT2D eigenvalue weighted by Gasteiger charge is -2.35. The molecule has 1 N–H and O–H groups in total. The van der Waals surface area contributed by atoms with E-state index in [1.54, 1.807) is 13.3 Å². The standard InChI is InChI=1S/C20H26N6O3/c1-28-18-4-2-16(3-5-18)22-20(27)26-8-6-25(7-9-26)19-14-17(15-21-23-19)24-10-12-29-13-11-24/h2-5,14-15H,6-13H2,1H3,(H,22,27). The van der Waals surface area contributed by atoms with Crippen LogP contribution in [-0.2, 0) is 4.74 Å². The first kappa shape index (κ1) is 19.3. The summed E-state index contributed by atoms with van der Waals surface area (Å²) in [6.07, 6.45) is 1.80. The molecule has 9 heteroatoms. The number of aromatic nitrogens is 2. The van der Waals surface area contributed by atoms with Crippen molar-refractivity contribution >= 4 is 23.2 Å². The Morgan fingerprint density at radius 2 is 1.76 bits per heavy atom. The number of hydrogen-bond donors (Lipinski definition) is 1. The molecule has 1 aromatic carbocycles. The van der Waals surface area contributed by atoms with Gasteiger partial charge in [-0.3, -0.25) is 0 Å². The fourth-order valence-electron chi connectivity index (χ4n) is 3.51. The van der Waals surface area contributed by atoms with Gasteiger partial charge in [-0.15, -0.1) is 5.10 Å².